The van der Waals surface area contributed by atoms with E-state index in [-0.39, 0.29) is 22.7 Å². The first-order chi connectivity index (χ1) is 13.5. The third-order valence-corrected chi connectivity index (χ3v) is 5.93. The lowest BCUT2D eigenvalue weighted by molar-refractivity contribution is -0.383. The molecule has 2 heterocycles. The van der Waals surface area contributed by atoms with Gasteiger partial charge in [0, 0.05) is 43.3 Å². The standard InChI is InChI=1S/C20H25N5O3/c1-4-23(5-2)20(26)21-24-12-13-11-17-14(7-6-10-22(17)3)15-8-9-16(25(27)28)19(24)18(13)15/h7-9,12,17H,4-6,10-11H2,1-3H3,(H,21,26)/t17-/m1/s1. The number of hydrogen-bond donors (Lipinski definition) is 1. The van der Waals surface area contributed by atoms with E-state index < -0.39 is 0 Å². The SMILES string of the molecule is CCN(CC)C(=O)Nn1cc2c3c(ccc([N+](=O)[O-])c31)C1=CCCN(C)[C@@H]1C2. The van der Waals surface area contributed by atoms with Crippen LogP contribution in [0.3, 0.4) is 0 Å². The summed E-state index contributed by atoms with van der Waals surface area (Å²) in [5, 5.41) is 12.6. The molecule has 1 aliphatic carbocycles. The minimum atomic E-state index is -0.379. The molecule has 1 atom stereocenters. The van der Waals surface area contributed by atoms with Crippen molar-refractivity contribution in [1.82, 2.24) is 14.5 Å². The fourth-order valence-electron chi connectivity index (χ4n) is 4.47. The lowest BCUT2D eigenvalue weighted by Crippen LogP contribution is -2.39. The van der Waals surface area contributed by atoms with Crippen LogP contribution in [0.25, 0.3) is 16.5 Å². The molecule has 1 N–H and O–H groups in total. The lowest BCUT2D eigenvalue weighted by Gasteiger charge is -2.36. The molecule has 0 spiro atoms. The maximum atomic E-state index is 12.6. The number of urea groups is 1. The number of nitrogens with one attached hydrogen (secondary N) is 1. The molecular weight excluding hydrogens is 358 g/mol. The number of carbonyl (C=O) groups excluding carboxylic acids is 1. The number of nitro groups is 1. The third-order valence-electron chi connectivity index (χ3n) is 5.93. The fourth-order valence-corrected chi connectivity index (χ4v) is 4.47. The molecule has 0 fully saturated rings. The van der Waals surface area contributed by atoms with Crippen LogP contribution in [0.5, 0.6) is 0 Å². The van der Waals surface area contributed by atoms with Gasteiger partial charge >= 0.3 is 6.03 Å². The first kappa shape index (κ1) is 18.5. The van der Waals surface area contributed by atoms with Gasteiger partial charge in [-0.1, -0.05) is 6.08 Å². The molecular formula is C20H25N5O3. The molecule has 4 rings (SSSR count). The van der Waals surface area contributed by atoms with Gasteiger partial charge in [-0.15, -0.1) is 0 Å². The molecule has 1 aromatic heterocycles. The number of hydrogen-bond acceptors (Lipinski definition) is 4. The molecule has 0 radical (unpaired) electrons. The van der Waals surface area contributed by atoms with Crippen LogP contribution in [0.1, 0.15) is 31.4 Å². The Hall–Kier alpha value is -2.87. The molecule has 28 heavy (non-hydrogen) atoms. The van der Waals surface area contributed by atoms with E-state index in [2.05, 4.69) is 23.4 Å². The van der Waals surface area contributed by atoms with Crippen LogP contribution in [0.4, 0.5) is 10.5 Å². The van der Waals surface area contributed by atoms with Crippen molar-refractivity contribution in [2.24, 2.45) is 0 Å². The van der Waals surface area contributed by atoms with E-state index in [1.807, 2.05) is 26.1 Å². The molecule has 0 saturated heterocycles. The maximum absolute atomic E-state index is 12.6. The van der Waals surface area contributed by atoms with Gasteiger partial charge in [-0.05, 0) is 56.5 Å². The molecule has 0 bridgehead atoms. The Balaban J connectivity index is 1.89. The Kier molecular flexibility index (Phi) is 4.58. The zero-order valence-corrected chi connectivity index (χ0v) is 16.4. The largest absolute Gasteiger partial charge is 0.336 e. The van der Waals surface area contributed by atoms with Gasteiger partial charge in [0.25, 0.3) is 5.69 Å². The van der Waals surface area contributed by atoms with Gasteiger partial charge in [0.05, 0.1) is 4.92 Å². The van der Waals surface area contributed by atoms with Crippen molar-refractivity contribution in [2.45, 2.75) is 32.7 Å². The predicted molar refractivity (Wildman–Crippen MR) is 109 cm³/mol. The minimum absolute atomic E-state index is 0.00746. The quantitative estimate of drug-likeness (QED) is 0.649. The zero-order chi connectivity index (χ0) is 20.0. The highest BCUT2D eigenvalue weighted by Gasteiger charge is 2.34. The van der Waals surface area contributed by atoms with Crippen LogP contribution < -0.4 is 5.43 Å². The van der Waals surface area contributed by atoms with Crippen molar-refractivity contribution in [3.05, 3.63) is 45.6 Å². The first-order valence-electron chi connectivity index (χ1n) is 9.74. The second-order valence-electron chi connectivity index (χ2n) is 7.38. The predicted octanol–water partition coefficient (Wildman–Crippen LogP) is 3.20. The number of aromatic nitrogens is 1. The summed E-state index contributed by atoms with van der Waals surface area (Å²) in [5.74, 6) is 0. The van der Waals surface area contributed by atoms with E-state index in [4.69, 9.17) is 0 Å². The highest BCUT2D eigenvalue weighted by atomic mass is 16.6. The molecule has 1 aromatic carbocycles. The zero-order valence-electron chi connectivity index (χ0n) is 16.4. The normalized spacial score (nSPS) is 18.5. The summed E-state index contributed by atoms with van der Waals surface area (Å²) in [6.07, 6.45) is 5.85. The van der Waals surface area contributed by atoms with Gasteiger partial charge in [-0.2, -0.15) is 0 Å². The number of non-ortho nitro benzene ring substituents is 1. The Labute approximate surface area is 163 Å². The number of rotatable bonds is 4. The summed E-state index contributed by atoms with van der Waals surface area (Å²) in [4.78, 5) is 27.9. The van der Waals surface area contributed by atoms with Crippen molar-refractivity contribution < 1.29 is 9.72 Å². The van der Waals surface area contributed by atoms with Gasteiger partial charge < -0.3 is 4.90 Å². The van der Waals surface area contributed by atoms with E-state index in [9.17, 15) is 14.9 Å². The Morgan fingerprint density at radius 2 is 2.11 bits per heavy atom. The van der Waals surface area contributed by atoms with E-state index in [0.717, 1.165) is 35.9 Å². The fraction of sp³-hybridized carbons (Fsp3) is 0.450. The Morgan fingerprint density at radius 3 is 2.79 bits per heavy atom. The molecule has 1 aliphatic heterocycles. The first-order valence-corrected chi connectivity index (χ1v) is 9.74. The second kappa shape index (κ2) is 6.94. The van der Waals surface area contributed by atoms with Crippen molar-refractivity contribution in [1.29, 1.82) is 0 Å². The highest BCUT2D eigenvalue weighted by Crippen LogP contribution is 2.43. The molecule has 2 amide bonds. The van der Waals surface area contributed by atoms with E-state index in [1.165, 1.54) is 5.57 Å². The molecule has 2 aliphatic rings. The van der Waals surface area contributed by atoms with Crippen LogP contribution in [-0.2, 0) is 6.42 Å². The maximum Gasteiger partial charge on any atom is 0.336 e. The number of fused-ring (bicyclic) bond motifs is 2. The number of likely N-dealkylation sites (N-methyl/N-ethyl adjacent to an activating group) is 1. The minimum Gasteiger partial charge on any atom is -0.324 e. The van der Waals surface area contributed by atoms with Crippen LogP contribution in [0, 0.1) is 10.1 Å². The van der Waals surface area contributed by atoms with E-state index in [1.54, 1.807) is 15.6 Å². The molecule has 8 heteroatoms. The van der Waals surface area contributed by atoms with Crippen molar-refractivity contribution in [3.63, 3.8) is 0 Å². The summed E-state index contributed by atoms with van der Waals surface area (Å²) >= 11 is 0. The summed E-state index contributed by atoms with van der Waals surface area (Å²) in [6, 6.07) is 3.41. The summed E-state index contributed by atoms with van der Waals surface area (Å²) in [7, 11) is 2.12. The Morgan fingerprint density at radius 1 is 1.36 bits per heavy atom. The molecule has 148 valence electrons. The number of benzene rings is 1. The van der Waals surface area contributed by atoms with Crippen LogP contribution in [0.2, 0.25) is 0 Å². The summed E-state index contributed by atoms with van der Waals surface area (Å²) < 4.78 is 1.55. The van der Waals surface area contributed by atoms with E-state index >= 15 is 0 Å². The third kappa shape index (κ3) is 2.75. The van der Waals surface area contributed by atoms with Crippen LogP contribution >= 0.6 is 0 Å². The lowest BCUT2D eigenvalue weighted by atomic mass is 9.82. The molecule has 0 saturated carbocycles. The van der Waals surface area contributed by atoms with Crippen LogP contribution in [0.15, 0.2) is 24.4 Å². The van der Waals surface area contributed by atoms with Crippen molar-refractivity contribution >= 4 is 28.2 Å². The highest BCUT2D eigenvalue weighted by molar-refractivity contribution is 6.03. The topological polar surface area (TPSA) is 83.6 Å². The average Bonchev–Trinajstić information content (AvgIpc) is 3.02. The van der Waals surface area contributed by atoms with Gasteiger partial charge in [-0.25, -0.2) is 10.2 Å². The molecule has 8 nitrogen and oxygen atoms in total. The summed E-state index contributed by atoms with van der Waals surface area (Å²) in [5.41, 5.74) is 6.62. The van der Waals surface area contributed by atoms with Gasteiger partial charge in [0.2, 0.25) is 0 Å². The van der Waals surface area contributed by atoms with Gasteiger partial charge in [0.15, 0.2) is 0 Å². The number of amides is 2. The van der Waals surface area contributed by atoms with Crippen LogP contribution in [-0.4, -0.2) is 58.2 Å². The van der Waals surface area contributed by atoms with Crippen molar-refractivity contribution in [3.8, 4) is 0 Å². The smallest absolute Gasteiger partial charge is 0.324 e. The number of carbonyl (C=O) groups is 1. The number of nitrogens with zero attached hydrogens (tertiary/aromatic N) is 4. The molecule has 2 aromatic rings. The van der Waals surface area contributed by atoms with Gasteiger partial charge in [-0.3, -0.25) is 19.7 Å². The Bertz CT molecular complexity index is 989. The molecule has 0 unspecified atom stereocenters. The average molecular weight is 383 g/mol. The number of nitro benzene ring substituents is 1. The van der Waals surface area contributed by atoms with Crippen molar-refractivity contribution in [2.75, 3.05) is 32.1 Å². The monoisotopic (exact) mass is 383 g/mol. The van der Waals surface area contributed by atoms with Gasteiger partial charge in [0.1, 0.15) is 5.52 Å². The van der Waals surface area contributed by atoms with E-state index in [0.29, 0.717) is 18.6 Å². The summed E-state index contributed by atoms with van der Waals surface area (Å²) in [6.45, 7) is 5.95. The second-order valence-corrected chi connectivity index (χ2v) is 7.38.